The van der Waals surface area contributed by atoms with Crippen molar-refractivity contribution in [1.29, 1.82) is 0 Å². The second-order valence-corrected chi connectivity index (χ2v) is 18.5. The van der Waals surface area contributed by atoms with Crippen LogP contribution in [0.4, 0.5) is 0 Å². The second-order valence-electron chi connectivity index (χ2n) is 18.5. The third-order valence-electron chi connectivity index (χ3n) is 11.9. The lowest BCUT2D eigenvalue weighted by atomic mass is 10.0. The fourth-order valence-corrected chi connectivity index (χ4v) is 7.75. The summed E-state index contributed by atoms with van der Waals surface area (Å²) in [5, 5.41) is 0. The lowest BCUT2D eigenvalue weighted by Crippen LogP contribution is -2.30. The zero-order valence-corrected chi connectivity index (χ0v) is 43.4. The van der Waals surface area contributed by atoms with E-state index in [-0.39, 0.29) is 31.6 Å². The van der Waals surface area contributed by atoms with Crippen molar-refractivity contribution in [3.63, 3.8) is 0 Å². The van der Waals surface area contributed by atoms with E-state index in [9.17, 15) is 14.4 Å². The molecule has 0 saturated heterocycles. The molecule has 0 N–H and O–H groups in total. The smallest absolute Gasteiger partial charge is 0.306 e. The van der Waals surface area contributed by atoms with E-state index in [0.29, 0.717) is 19.3 Å². The molecule has 0 aliphatic heterocycles. The van der Waals surface area contributed by atoms with Gasteiger partial charge in [-0.15, -0.1) is 0 Å². The van der Waals surface area contributed by atoms with Crippen molar-refractivity contribution in [2.75, 3.05) is 13.2 Å². The van der Waals surface area contributed by atoms with Gasteiger partial charge in [-0.1, -0.05) is 235 Å². The zero-order chi connectivity index (χ0) is 47.9. The Kier molecular flexibility index (Phi) is 51.9. The fraction of sp³-hybridized carbons (Fsp3) is 0.750. The molecule has 380 valence electrons. The molecular formula is C60H104O6. The highest BCUT2D eigenvalue weighted by atomic mass is 16.6. The number of hydrogen-bond donors (Lipinski definition) is 0. The number of rotatable bonds is 50. The Hall–Kier alpha value is -3.15. The number of hydrogen-bond acceptors (Lipinski definition) is 6. The minimum atomic E-state index is -0.815. The third kappa shape index (κ3) is 51.8. The van der Waals surface area contributed by atoms with Crippen LogP contribution in [0.2, 0.25) is 0 Å². The Morgan fingerprint density at radius 2 is 0.652 bits per heavy atom. The first kappa shape index (κ1) is 62.8. The van der Waals surface area contributed by atoms with E-state index in [1.165, 1.54) is 141 Å². The number of esters is 3. The van der Waals surface area contributed by atoms with Gasteiger partial charge in [0, 0.05) is 19.3 Å². The largest absolute Gasteiger partial charge is 0.462 e. The predicted octanol–water partition coefficient (Wildman–Crippen LogP) is 18.6. The quantitative estimate of drug-likeness (QED) is 0.0262. The highest BCUT2D eigenvalue weighted by Gasteiger charge is 2.19. The number of carbonyl (C=O) groups is 3. The minimum absolute atomic E-state index is 0.106. The summed E-state index contributed by atoms with van der Waals surface area (Å²) in [7, 11) is 0. The predicted molar refractivity (Wildman–Crippen MR) is 284 cm³/mol. The Bertz CT molecular complexity index is 1240. The van der Waals surface area contributed by atoms with Crippen molar-refractivity contribution >= 4 is 17.9 Å². The van der Waals surface area contributed by atoms with Crippen LogP contribution in [0.5, 0.6) is 0 Å². The molecule has 0 spiro atoms. The Labute approximate surface area is 408 Å². The van der Waals surface area contributed by atoms with E-state index in [2.05, 4.69) is 81.5 Å². The molecule has 0 aromatic rings. The van der Waals surface area contributed by atoms with Gasteiger partial charge in [-0.25, -0.2) is 0 Å². The van der Waals surface area contributed by atoms with Crippen molar-refractivity contribution in [3.05, 3.63) is 72.9 Å². The fourth-order valence-electron chi connectivity index (χ4n) is 7.75. The van der Waals surface area contributed by atoms with Gasteiger partial charge in [0.25, 0.3) is 0 Å². The summed E-state index contributed by atoms with van der Waals surface area (Å²) in [4.78, 5) is 37.9. The lowest BCUT2D eigenvalue weighted by molar-refractivity contribution is -0.166. The molecule has 0 saturated carbocycles. The average Bonchev–Trinajstić information content (AvgIpc) is 3.31. The molecule has 0 rings (SSSR count). The molecule has 0 aliphatic rings. The molecule has 0 aliphatic carbocycles. The molecular weight excluding hydrogens is 817 g/mol. The summed E-state index contributed by atoms with van der Waals surface area (Å²) in [6.07, 6.45) is 69.3. The van der Waals surface area contributed by atoms with E-state index >= 15 is 0 Å². The van der Waals surface area contributed by atoms with Gasteiger partial charge < -0.3 is 14.2 Å². The zero-order valence-electron chi connectivity index (χ0n) is 43.4. The molecule has 0 bridgehead atoms. The molecule has 1 unspecified atom stereocenters. The molecule has 66 heavy (non-hydrogen) atoms. The molecule has 6 nitrogen and oxygen atoms in total. The first-order valence-corrected chi connectivity index (χ1v) is 27.9. The van der Waals surface area contributed by atoms with Crippen LogP contribution in [-0.4, -0.2) is 37.2 Å². The number of carbonyl (C=O) groups excluding carboxylic acids is 3. The third-order valence-corrected chi connectivity index (χ3v) is 11.9. The van der Waals surface area contributed by atoms with Gasteiger partial charge in [-0.05, 0) is 89.9 Å². The molecule has 1 atom stereocenters. The van der Waals surface area contributed by atoms with Crippen LogP contribution in [-0.2, 0) is 28.6 Å². The van der Waals surface area contributed by atoms with Crippen LogP contribution >= 0.6 is 0 Å². The highest BCUT2D eigenvalue weighted by Crippen LogP contribution is 2.15. The van der Waals surface area contributed by atoms with Crippen molar-refractivity contribution in [2.45, 2.75) is 277 Å². The summed E-state index contributed by atoms with van der Waals surface area (Å²) in [5.41, 5.74) is 0. The molecule has 0 heterocycles. The van der Waals surface area contributed by atoms with Crippen LogP contribution in [0.15, 0.2) is 72.9 Å². The van der Waals surface area contributed by atoms with E-state index in [4.69, 9.17) is 14.2 Å². The normalized spacial score (nSPS) is 12.6. The Morgan fingerprint density at radius 3 is 1.05 bits per heavy atom. The summed E-state index contributed by atoms with van der Waals surface area (Å²) in [6, 6.07) is 0. The topological polar surface area (TPSA) is 78.9 Å². The van der Waals surface area contributed by atoms with Gasteiger partial charge in [0.2, 0.25) is 0 Å². The average molecular weight is 921 g/mol. The summed E-state index contributed by atoms with van der Waals surface area (Å²) >= 11 is 0. The SMILES string of the molecule is CC/C=C\C/C=C\C/C=C\C/C=C\CCC(=O)OC(COC(=O)CCCCCCC/C=C\CCC)COC(=O)CCCCCCCCCCCCCCC/C=C\CCCCCCCCCC. The van der Waals surface area contributed by atoms with Crippen LogP contribution in [0, 0.1) is 0 Å². The van der Waals surface area contributed by atoms with Gasteiger partial charge in [0.15, 0.2) is 6.10 Å². The summed E-state index contributed by atoms with van der Waals surface area (Å²) in [6.45, 7) is 6.40. The number of unbranched alkanes of at least 4 members (excludes halogenated alkanes) is 27. The Morgan fingerprint density at radius 1 is 0.318 bits per heavy atom. The van der Waals surface area contributed by atoms with Crippen LogP contribution in [0.25, 0.3) is 0 Å². The van der Waals surface area contributed by atoms with Crippen molar-refractivity contribution in [1.82, 2.24) is 0 Å². The minimum Gasteiger partial charge on any atom is -0.462 e. The van der Waals surface area contributed by atoms with Gasteiger partial charge in [0.1, 0.15) is 13.2 Å². The second kappa shape index (κ2) is 54.5. The van der Waals surface area contributed by atoms with E-state index in [1.807, 2.05) is 12.2 Å². The standard InChI is InChI=1S/C60H104O6/c1-4-7-10-13-16-19-22-24-25-26-27-28-29-30-31-32-33-34-35-37-38-41-44-47-50-53-59(62)65-56-57(55-64-58(61)52-49-46-43-40-21-18-15-12-9-6-3)66-60(63)54-51-48-45-42-39-36-23-20-17-14-11-8-5-2/h8,11-12,15,17,20,26-27,36,39,45,48,57H,4-7,9-10,13-14,16,18-19,21-25,28-35,37-38,40-44,46-47,49-56H2,1-3H3/b11-8-,15-12-,20-17-,27-26-,39-36-,48-45-. The van der Waals surface area contributed by atoms with Crippen molar-refractivity contribution in [3.8, 4) is 0 Å². The van der Waals surface area contributed by atoms with Gasteiger partial charge in [0.05, 0.1) is 0 Å². The summed E-state index contributed by atoms with van der Waals surface area (Å²) < 4.78 is 16.7. The van der Waals surface area contributed by atoms with Crippen molar-refractivity contribution in [2.24, 2.45) is 0 Å². The van der Waals surface area contributed by atoms with E-state index in [1.54, 1.807) is 0 Å². The first-order chi connectivity index (χ1) is 32.5. The molecule has 0 fully saturated rings. The summed E-state index contributed by atoms with van der Waals surface area (Å²) in [5.74, 6) is -0.996. The molecule has 0 aromatic carbocycles. The number of ether oxygens (including phenoxy) is 3. The van der Waals surface area contributed by atoms with Gasteiger partial charge in [-0.2, -0.15) is 0 Å². The van der Waals surface area contributed by atoms with Crippen LogP contribution < -0.4 is 0 Å². The molecule has 0 amide bonds. The first-order valence-electron chi connectivity index (χ1n) is 27.9. The van der Waals surface area contributed by atoms with Crippen LogP contribution in [0.3, 0.4) is 0 Å². The van der Waals surface area contributed by atoms with E-state index in [0.717, 1.165) is 83.5 Å². The van der Waals surface area contributed by atoms with E-state index < -0.39 is 12.1 Å². The number of allylic oxidation sites excluding steroid dienone is 12. The van der Waals surface area contributed by atoms with Gasteiger partial charge in [-0.3, -0.25) is 14.4 Å². The molecule has 6 heteroatoms. The maximum absolute atomic E-state index is 12.7. The molecule has 0 aromatic heterocycles. The van der Waals surface area contributed by atoms with Crippen LogP contribution in [0.1, 0.15) is 271 Å². The van der Waals surface area contributed by atoms with Crippen molar-refractivity contribution < 1.29 is 28.6 Å². The van der Waals surface area contributed by atoms with Gasteiger partial charge >= 0.3 is 17.9 Å². The lowest BCUT2D eigenvalue weighted by Gasteiger charge is -2.18. The maximum atomic E-state index is 12.7. The Balaban J connectivity index is 4.24. The highest BCUT2D eigenvalue weighted by molar-refractivity contribution is 5.71. The monoisotopic (exact) mass is 921 g/mol. The molecule has 0 radical (unpaired) electrons. The maximum Gasteiger partial charge on any atom is 0.306 e.